The first-order valence-corrected chi connectivity index (χ1v) is 14.1. The van der Waals surface area contributed by atoms with Crippen molar-refractivity contribution < 1.29 is 18.4 Å². The molecule has 1 amide bonds. The molecule has 0 aliphatic carbocycles. The largest absolute Gasteiger partial charge is 0.355 e. The van der Waals surface area contributed by atoms with Crippen LogP contribution >= 0.6 is 11.6 Å². The van der Waals surface area contributed by atoms with Gasteiger partial charge >= 0.3 is 5.69 Å². The van der Waals surface area contributed by atoms with Gasteiger partial charge in [-0.25, -0.2) is 23.1 Å². The Balaban J connectivity index is 1.86. The molecule has 4 heterocycles. The van der Waals surface area contributed by atoms with Crippen molar-refractivity contribution in [1.29, 1.82) is 0 Å². The molecule has 0 unspecified atom stereocenters. The van der Waals surface area contributed by atoms with Gasteiger partial charge in [-0.15, -0.1) is 0 Å². The van der Waals surface area contributed by atoms with Crippen molar-refractivity contribution in [2.45, 2.75) is 39.4 Å². The Labute approximate surface area is 251 Å². The molecular formula is C31H29ClF2N6O3. The average molecular weight is 607 g/mol. The number of hydrogen-bond donors (Lipinski definition) is 0. The molecule has 1 saturated heterocycles. The fourth-order valence-corrected chi connectivity index (χ4v) is 5.74. The van der Waals surface area contributed by atoms with E-state index in [1.807, 2.05) is 25.7 Å². The van der Waals surface area contributed by atoms with Crippen LogP contribution in [0.25, 0.3) is 28.0 Å². The third kappa shape index (κ3) is 5.29. The molecule has 0 radical (unpaired) electrons. The van der Waals surface area contributed by atoms with Crippen molar-refractivity contribution in [2.75, 3.05) is 24.5 Å². The molecule has 0 spiro atoms. The quantitative estimate of drug-likeness (QED) is 0.209. The van der Waals surface area contributed by atoms with E-state index in [4.69, 9.17) is 16.6 Å². The number of pyridine rings is 2. The summed E-state index contributed by atoms with van der Waals surface area (Å²) >= 11 is 6.73. The fourth-order valence-electron chi connectivity index (χ4n) is 5.49. The van der Waals surface area contributed by atoms with Crippen LogP contribution in [0.2, 0.25) is 5.02 Å². The molecule has 1 aliphatic heterocycles. The fraction of sp³-hybridized carbons (Fsp3) is 0.290. The van der Waals surface area contributed by atoms with E-state index < -0.39 is 18.2 Å². The molecule has 222 valence electrons. The van der Waals surface area contributed by atoms with Crippen LogP contribution in [0.3, 0.4) is 0 Å². The number of alkyl halides is 1. The number of benzene rings is 1. The maximum Gasteiger partial charge on any atom is 0.355 e. The first-order valence-electron chi connectivity index (χ1n) is 13.7. The zero-order valence-electron chi connectivity index (χ0n) is 23.9. The van der Waals surface area contributed by atoms with Gasteiger partial charge in [0.2, 0.25) is 5.91 Å². The molecule has 9 nitrogen and oxygen atoms in total. The van der Waals surface area contributed by atoms with Crippen LogP contribution in [0, 0.1) is 5.82 Å². The summed E-state index contributed by atoms with van der Waals surface area (Å²) in [5, 5.41) is 0.360. The van der Waals surface area contributed by atoms with Crippen molar-refractivity contribution in [3.8, 4) is 16.9 Å². The number of carbonyl (C=O) groups excluding carboxylic acids is 2. The Hall–Kier alpha value is -4.51. The molecule has 5 rings (SSSR count). The van der Waals surface area contributed by atoms with E-state index in [0.717, 1.165) is 0 Å². The Morgan fingerprint density at radius 1 is 1.23 bits per heavy atom. The molecule has 1 aliphatic rings. The van der Waals surface area contributed by atoms with E-state index >= 15 is 4.39 Å². The maximum absolute atomic E-state index is 15.2. The van der Waals surface area contributed by atoms with Gasteiger partial charge in [0.25, 0.3) is 0 Å². The number of aromatic nitrogens is 4. The van der Waals surface area contributed by atoms with Crippen LogP contribution in [0.15, 0.2) is 54.0 Å². The van der Waals surface area contributed by atoms with Gasteiger partial charge in [0.15, 0.2) is 11.9 Å². The number of halogens is 3. The van der Waals surface area contributed by atoms with Gasteiger partial charge < -0.3 is 9.80 Å². The first-order chi connectivity index (χ1) is 20.6. The number of anilines is 1. The Morgan fingerprint density at radius 2 is 2.00 bits per heavy atom. The number of fused-ring (bicyclic) bond motifs is 1. The Kier molecular flexibility index (Phi) is 8.36. The lowest BCUT2D eigenvalue weighted by Gasteiger charge is -2.40. The smallest absolute Gasteiger partial charge is 0.350 e. The van der Waals surface area contributed by atoms with Gasteiger partial charge in [0.1, 0.15) is 18.3 Å². The summed E-state index contributed by atoms with van der Waals surface area (Å²) in [6.45, 7) is 9.32. The van der Waals surface area contributed by atoms with Gasteiger partial charge in [-0.3, -0.25) is 14.6 Å². The first kappa shape index (κ1) is 30.0. The minimum absolute atomic E-state index is 0.0160. The third-order valence-corrected chi connectivity index (χ3v) is 7.84. The van der Waals surface area contributed by atoms with E-state index in [0.29, 0.717) is 37.0 Å². The van der Waals surface area contributed by atoms with Crippen LogP contribution in [0.4, 0.5) is 14.6 Å². The minimum Gasteiger partial charge on any atom is -0.350 e. The minimum atomic E-state index is -0.896. The number of rotatable bonds is 7. The second kappa shape index (κ2) is 12.0. The lowest BCUT2D eigenvalue weighted by molar-refractivity contribution is -0.126. The lowest BCUT2D eigenvalue weighted by Crippen LogP contribution is -2.54. The number of aldehydes is 1. The number of hydrogen-bond acceptors (Lipinski definition) is 7. The van der Waals surface area contributed by atoms with Crippen molar-refractivity contribution in [3.05, 3.63) is 87.3 Å². The lowest BCUT2D eigenvalue weighted by atomic mass is 10.0. The van der Waals surface area contributed by atoms with Crippen LogP contribution in [-0.2, 0) is 11.5 Å². The van der Waals surface area contributed by atoms with Crippen molar-refractivity contribution >= 4 is 40.6 Å². The Morgan fingerprint density at radius 3 is 2.65 bits per heavy atom. The standard InChI is InChI=1S/C31H29ClF2N6O3/c1-5-24(42)38-11-12-39(18(4)15-38)29-21-13-22(32)27(25-20(16-41)7-6-8-23(25)34)36-30(21)40(31(43)37-29)28-19(14-33)9-10-35-26(28)17(2)3/h5-10,13,16-18H,1,11-12,14-15H2,2-4H3/t18-/m0/s1. The van der Waals surface area contributed by atoms with E-state index in [1.54, 1.807) is 4.90 Å². The molecule has 0 saturated carbocycles. The molecule has 0 bridgehead atoms. The third-order valence-electron chi connectivity index (χ3n) is 7.55. The zero-order chi connectivity index (χ0) is 31.0. The molecule has 4 aromatic rings. The van der Waals surface area contributed by atoms with E-state index in [2.05, 4.69) is 16.5 Å². The highest BCUT2D eigenvalue weighted by molar-refractivity contribution is 6.34. The van der Waals surface area contributed by atoms with E-state index in [-0.39, 0.29) is 62.4 Å². The molecule has 3 aromatic heterocycles. The molecule has 1 fully saturated rings. The van der Waals surface area contributed by atoms with Crippen LogP contribution in [-0.4, -0.2) is 62.3 Å². The molecule has 43 heavy (non-hydrogen) atoms. The highest BCUT2D eigenvalue weighted by Gasteiger charge is 2.31. The van der Waals surface area contributed by atoms with Crippen LogP contribution in [0.1, 0.15) is 48.3 Å². The molecular weight excluding hydrogens is 578 g/mol. The van der Waals surface area contributed by atoms with Gasteiger partial charge in [-0.05, 0) is 37.1 Å². The molecule has 1 atom stereocenters. The maximum atomic E-state index is 15.2. The second-order valence-corrected chi connectivity index (χ2v) is 11.0. The van der Waals surface area contributed by atoms with Crippen LogP contribution in [0.5, 0.6) is 0 Å². The van der Waals surface area contributed by atoms with E-state index in [1.165, 1.54) is 47.2 Å². The number of amides is 1. The van der Waals surface area contributed by atoms with Gasteiger partial charge in [-0.2, -0.15) is 4.98 Å². The second-order valence-electron chi connectivity index (χ2n) is 10.6. The van der Waals surface area contributed by atoms with Gasteiger partial charge in [-0.1, -0.05) is 44.2 Å². The summed E-state index contributed by atoms with van der Waals surface area (Å²) in [5.41, 5.74) is -0.0749. The SMILES string of the molecule is C=CC(=O)N1CCN(c2nc(=O)n(-c3c(CF)ccnc3C(C)C)c3nc(-c4c(F)cccc4C=O)c(Cl)cc23)[C@@H](C)C1. The monoisotopic (exact) mass is 606 g/mol. The zero-order valence-corrected chi connectivity index (χ0v) is 24.6. The Bertz CT molecular complexity index is 1830. The van der Waals surface area contributed by atoms with Crippen molar-refractivity contribution in [3.63, 3.8) is 0 Å². The number of piperazine rings is 1. The highest BCUT2D eigenvalue weighted by atomic mass is 35.5. The number of nitrogens with zero attached hydrogens (tertiary/aromatic N) is 6. The normalized spacial score (nSPS) is 15.3. The highest BCUT2D eigenvalue weighted by Crippen LogP contribution is 2.37. The predicted octanol–water partition coefficient (Wildman–Crippen LogP) is 5.26. The molecule has 0 N–H and O–H groups in total. The van der Waals surface area contributed by atoms with Crippen LogP contribution < -0.4 is 10.6 Å². The number of carbonyl (C=O) groups is 2. The summed E-state index contributed by atoms with van der Waals surface area (Å²) in [4.78, 5) is 55.2. The summed E-state index contributed by atoms with van der Waals surface area (Å²) in [5.74, 6) is -0.886. The summed E-state index contributed by atoms with van der Waals surface area (Å²) in [6, 6.07) is 6.74. The van der Waals surface area contributed by atoms with Crippen molar-refractivity contribution in [1.82, 2.24) is 24.4 Å². The van der Waals surface area contributed by atoms with Crippen molar-refractivity contribution in [2.24, 2.45) is 0 Å². The summed E-state index contributed by atoms with van der Waals surface area (Å²) in [7, 11) is 0. The molecule has 1 aromatic carbocycles. The topological polar surface area (TPSA) is 101 Å². The van der Waals surface area contributed by atoms with Gasteiger partial charge in [0, 0.05) is 48.6 Å². The average Bonchev–Trinajstić information content (AvgIpc) is 3.00. The molecule has 12 heteroatoms. The van der Waals surface area contributed by atoms with Gasteiger partial charge in [0.05, 0.1) is 27.5 Å². The van der Waals surface area contributed by atoms with E-state index in [9.17, 15) is 18.8 Å². The predicted molar refractivity (Wildman–Crippen MR) is 161 cm³/mol. The summed E-state index contributed by atoms with van der Waals surface area (Å²) in [6.07, 6.45) is 3.22. The summed E-state index contributed by atoms with van der Waals surface area (Å²) < 4.78 is 30.8.